The quantitative estimate of drug-likeness (QED) is 0.877. The lowest BCUT2D eigenvalue weighted by molar-refractivity contribution is 0.0690. The monoisotopic (exact) mass is 263 g/mol. The standard InChI is InChI=1S/C14H21N3O2/c1-9-8-10(12(18)19)16-13(15-9)17-11-6-4-5-7-14(11,2)3/h8,11H,4-7H2,1-3H3,(H,18,19)(H,15,16,17). The van der Waals surface area contributed by atoms with Crippen LogP contribution >= 0.6 is 0 Å². The number of carboxylic acids is 1. The summed E-state index contributed by atoms with van der Waals surface area (Å²) in [4.78, 5) is 19.4. The molecule has 104 valence electrons. The van der Waals surface area contributed by atoms with E-state index in [0.717, 1.165) is 6.42 Å². The third-order valence-electron chi connectivity index (χ3n) is 3.88. The van der Waals surface area contributed by atoms with Crippen LogP contribution in [0.5, 0.6) is 0 Å². The molecule has 0 spiro atoms. The highest BCUT2D eigenvalue weighted by Gasteiger charge is 2.32. The van der Waals surface area contributed by atoms with E-state index in [1.807, 2.05) is 0 Å². The van der Waals surface area contributed by atoms with Crippen LogP contribution in [-0.2, 0) is 0 Å². The number of aryl methyl sites for hydroxylation is 1. The first-order valence-electron chi connectivity index (χ1n) is 6.74. The van der Waals surface area contributed by atoms with E-state index >= 15 is 0 Å². The van der Waals surface area contributed by atoms with Gasteiger partial charge in [-0.15, -0.1) is 0 Å². The number of hydrogen-bond acceptors (Lipinski definition) is 4. The maximum Gasteiger partial charge on any atom is 0.354 e. The third kappa shape index (κ3) is 3.22. The van der Waals surface area contributed by atoms with Crippen LogP contribution in [0, 0.1) is 12.3 Å². The second kappa shape index (κ2) is 5.15. The lowest BCUT2D eigenvalue weighted by Gasteiger charge is -2.39. The van der Waals surface area contributed by atoms with Gasteiger partial charge < -0.3 is 10.4 Å². The highest BCUT2D eigenvalue weighted by Crippen LogP contribution is 2.36. The second-order valence-corrected chi connectivity index (χ2v) is 5.95. The van der Waals surface area contributed by atoms with Crippen LogP contribution in [0.15, 0.2) is 6.07 Å². The average Bonchev–Trinajstić information content (AvgIpc) is 2.31. The molecule has 2 N–H and O–H groups in total. The van der Waals surface area contributed by atoms with Gasteiger partial charge in [-0.1, -0.05) is 26.7 Å². The Morgan fingerprint density at radius 2 is 2.16 bits per heavy atom. The van der Waals surface area contributed by atoms with Gasteiger partial charge in [0.2, 0.25) is 5.95 Å². The van der Waals surface area contributed by atoms with Gasteiger partial charge in [0.05, 0.1) is 0 Å². The van der Waals surface area contributed by atoms with Crippen molar-refractivity contribution in [3.05, 3.63) is 17.5 Å². The van der Waals surface area contributed by atoms with Crippen molar-refractivity contribution in [2.75, 3.05) is 5.32 Å². The van der Waals surface area contributed by atoms with Gasteiger partial charge in [-0.3, -0.25) is 0 Å². The van der Waals surface area contributed by atoms with Crippen molar-refractivity contribution in [1.82, 2.24) is 9.97 Å². The zero-order valence-corrected chi connectivity index (χ0v) is 11.7. The molecule has 1 aromatic rings. The summed E-state index contributed by atoms with van der Waals surface area (Å²) >= 11 is 0. The third-order valence-corrected chi connectivity index (χ3v) is 3.88. The fraction of sp³-hybridized carbons (Fsp3) is 0.643. The zero-order valence-electron chi connectivity index (χ0n) is 11.7. The molecule has 1 heterocycles. The van der Waals surface area contributed by atoms with Crippen molar-refractivity contribution in [3.8, 4) is 0 Å². The number of nitrogens with zero attached hydrogens (tertiary/aromatic N) is 2. The van der Waals surface area contributed by atoms with Gasteiger partial charge in [-0.2, -0.15) is 0 Å². The van der Waals surface area contributed by atoms with Crippen molar-refractivity contribution in [1.29, 1.82) is 0 Å². The van der Waals surface area contributed by atoms with Gasteiger partial charge in [-0.05, 0) is 31.2 Å². The molecule has 1 fully saturated rings. The zero-order chi connectivity index (χ0) is 14.0. The van der Waals surface area contributed by atoms with E-state index < -0.39 is 5.97 Å². The van der Waals surface area contributed by atoms with Gasteiger partial charge in [0.1, 0.15) is 0 Å². The van der Waals surface area contributed by atoms with Crippen molar-refractivity contribution in [2.45, 2.75) is 52.5 Å². The number of hydrogen-bond donors (Lipinski definition) is 2. The van der Waals surface area contributed by atoms with Crippen LogP contribution in [0.1, 0.15) is 55.7 Å². The Hall–Kier alpha value is -1.65. The number of rotatable bonds is 3. The molecule has 1 aromatic heterocycles. The van der Waals surface area contributed by atoms with Gasteiger partial charge in [0.25, 0.3) is 0 Å². The minimum atomic E-state index is -1.02. The Morgan fingerprint density at radius 1 is 1.42 bits per heavy atom. The highest BCUT2D eigenvalue weighted by molar-refractivity contribution is 5.85. The Morgan fingerprint density at radius 3 is 2.79 bits per heavy atom. The molecule has 0 aliphatic heterocycles. The molecule has 1 aliphatic carbocycles. The number of carboxylic acid groups (broad SMARTS) is 1. The minimum absolute atomic E-state index is 0.0450. The fourth-order valence-corrected chi connectivity index (χ4v) is 2.66. The summed E-state index contributed by atoms with van der Waals surface area (Å²) in [6, 6.07) is 1.78. The first-order valence-corrected chi connectivity index (χ1v) is 6.74. The number of anilines is 1. The molecule has 0 amide bonds. The number of aromatic nitrogens is 2. The van der Waals surface area contributed by atoms with Gasteiger partial charge in [-0.25, -0.2) is 14.8 Å². The molecular weight excluding hydrogens is 242 g/mol. The molecule has 1 unspecified atom stereocenters. The van der Waals surface area contributed by atoms with E-state index in [4.69, 9.17) is 5.11 Å². The molecule has 1 atom stereocenters. The van der Waals surface area contributed by atoms with Gasteiger partial charge in [0.15, 0.2) is 5.69 Å². The summed E-state index contributed by atoms with van der Waals surface area (Å²) in [5, 5.41) is 12.3. The summed E-state index contributed by atoms with van der Waals surface area (Å²) < 4.78 is 0. The smallest absolute Gasteiger partial charge is 0.354 e. The van der Waals surface area contributed by atoms with Crippen LogP contribution < -0.4 is 5.32 Å². The van der Waals surface area contributed by atoms with Crippen molar-refractivity contribution in [3.63, 3.8) is 0 Å². The first-order chi connectivity index (χ1) is 8.88. The molecule has 1 saturated carbocycles. The molecule has 5 heteroatoms. The first kappa shape index (κ1) is 13.8. The number of nitrogens with one attached hydrogen (secondary N) is 1. The van der Waals surface area contributed by atoms with Crippen molar-refractivity contribution >= 4 is 11.9 Å². The van der Waals surface area contributed by atoms with E-state index in [0.29, 0.717) is 17.7 Å². The van der Waals surface area contributed by atoms with Crippen LogP contribution in [0.3, 0.4) is 0 Å². The summed E-state index contributed by atoms with van der Waals surface area (Å²) in [6.45, 7) is 6.25. The average molecular weight is 263 g/mol. The SMILES string of the molecule is Cc1cc(C(=O)O)nc(NC2CCCCC2(C)C)n1. The predicted octanol–water partition coefficient (Wildman–Crippen LogP) is 2.86. The molecule has 5 nitrogen and oxygen atoms in total. The van der Waals surface area contributed by atoms with Crippen LogP contribution in [0.2, 0.25) is 0 Å². The largest absolute Gasteiger partial charge is 0.477 e. The Balaban J connectivity index is 2.20. The summed E-state index contributed by atoms with van der Waals surface area (Å²) in [6.07, 6.45) is 4.69. The minimum Gasteiger partial charge on any atom is -0.477 e. The molecule has 2 rings (SSSR count). The highest BCUT2D eigenvalue weighted by atomic mass is 16.4. The topological polar surface area (TPSA) is 75.1 Å². The van der Waals surface area contributed by atoms with Gasteiger partial charge >= 0.3 is 5.97 Å². The molecule has 0 saturated heterocycles. The molecular formula is C14H21N3O2. The van der Waals surface area contributed by atoms with Gasteiger partial charge in [0, 0.05) is 11.7 Å². The summed E-state index contributed by atoms with van der Waals surface area (Å²) in [5.74, 6) is -0.589. The lowest BCUT2D eigenvalue weighted by Crippen LogP contribution is -2.39. The normalized spacial score (nSPS) is 21.9. The van der Waals surface area contributed by atoms with E-state index in [-0.39, 0.29) is 11.1 Å². The van der Waals surface area contributed by atoms with Crippen LogP contribution in [-0.4, -0.2) is 27.1 Å². The second-order valence-electron chi connectivity index (χ2n) is 5.95. The maximum absolute atomic E-state index is 11.0. The molecule has 0 bridgehead atoms. The van der Waals surface area contributed by atoms with E-state index in [2.05, 4.69) is 29.1 Å². The Labute approximate surface area is 113 Å². The summed E-state index contributed by atoms with van der Waals surface area (Å²) in [5.41, 5.74) is 0.904. The van der Waals surface area contributed by atoms with E-state index in [1.54, 1.807) is 6.92 Å². The summed E-state index contributed by atoms with van der Waals surface area (Å²) in [7, 11) is 0. The molecule has 19 heavy (non-hydrogen) atoms. The number of carbonyl (C=O) groups is 1. The molecule has 1 aliphatic rings. The molecule has 0 aromatic carbocycles. The fourth-order valence-electron chi connectivity index (χ4n) is 2.66. The Bertz CT molecular complexity index is 486. The van der Waals surface area contributed by atoms with Crippen molar-refractivity contribution in [2.24, 2.45) is 5.41 Å². The maximum atomic E-state index is 11.0. The van der Waals surface area contributed by atoms with Crippen LogP contribution in [0.4, 0.5) is 5.95 Å². The van der Waals surface area contributed by atoms with Crippen LogP contribution in [0.25, 0.3) is 0 Å². The van der Waals surface area contributed by atoms with E-state index in [1.165, 1.54) is 25.3 Å². The molecule has 0 radical (unpaired) electrons. The predicted molar refractivity (Wildman–Crippen MR) is 73.4 cm³/mol. The number of aromatic carboxylic acids is 1. The van der Waals surface area contributed by atoms with E-state index in [9.17, 15) is 4.79 Å². The lowest BCUT2D eigenvalue weighted by atomic mass is 9.73. The van der Waals surface area contributed by atoms with Crippen molar-refractivity contribution < 1.29 is 9.90 Å². The Kier molecular flexibility index (Phi) is 3.73.